The summed E-state index contributed by atoms with van der Waals surface area (Å²) in [6.07, 6.45) is 0. The van der Waals surface area contributed by atoms with Crippen LogP contribution in [0.15, 0.2) is 78.0 Å². The predicted molar refractivity (Wildman–Crippen MR) is 130 cm³/mol. The molecular weight excluding hydrogens is 436 g/mol. The van der Waals surface area contributed by atoms with E-state index in [0.29, 0.717) is 22.3 Å². The number of benzene rings is 3. The van der Waals surface area contributed by atoms with Gasteiger partial charge in [0, 0.05) is 17.3 Å². The van der Waals surface area contributed by atoms with E-state index >= 15 is 0 Å². The molecule has 3 aromatic carbocycles. The predicted octanol–water partition coefficient (Wildman–Crippen LogP) is 4.99. The Hall–Kier alpha value is -3.78. The van der Waals surface area contributed by atoms with Crippen LogP contribution in [0.25, 0.3) is 17.1 Å². The molecule has 0 fully saturated rings. The van der Waals surface area contributed by atoms with Crippen molar-refractivity contribution in [2.45, 2.75) is 12.1 Å². The maximum Gasteiger partial charge on any atom is 0.234 e. The first-order valence-corrected chi connectivity index (χ1v) is 11.3. The average molecular weight is 461 g/mol. The van der Waals surface area contributed by atoms with E-state index < -0.39 is 0 Å². The largest absolute Gasteiger partial charge is 0.497 e. The minimum atomic E-state index is -0.188. The fraction of sp³-hybridized carbons (Fsp3) is 0.160. The molecule has 1 aromatic heterocycles. The Morgan fingerprint density at radius 1 is 0.970 bits per heavy atom. The fourth-order valence-corrected chi connectivity index (χ4v) is 4.12. The lowest BCUT2D eigenvalue weighted by atomic mass is 10.2. The van der Waals surface area contributed by atoms with E-state index in [0.717, 1.165) is 22.6 Å². The van der Waals surface area contributed by atoms with E-state index in [9.17, 15) is 4.79 Å². The first-order chi connectivity index (χ1) is 16.1. The standard InChI is InChI=1S/C25H24N4O3S/c1-17-8-7-11-19(14-17)29-24(18-9-5-4-6-10-18)27-28-25(29)33-16-23(30)26-21-15-20(31-2)12-13-22(21)32-3/h4-15H,16H2,1-3H3,(H,26,30). The lowest BCUT2D eigenvalue weighted by Crippen LogP contribution is -2.15. The van der Waals surface area contributed by atoms with Crippen molar-refractivity contribution in [3.63, 3.8) is 0 Å². The Labute approximate surface area is 196 Å². The van der Waals surface area contributed by atoms with E-state index in [-0.39, 0.29) is 11.7 Å². The van der Waals surface area contributed by atoms with E-state index in [4.69, 9.17) is 9.47 Å². The van der Waals surface area contributed by atoms with Gasteiger partial charge >= 0.3 is 0 Å². The van der Waals surface area contributed by atoms with E-state index in [1.165, 1.54) is 11.8 Å². The minimum absolute atomic E-state index is 0.152. The zero-order valence-corrected chi connectivity index (χ0v) is 19.4. The van der Waals surface area contributed by atoms with Crippen LogP contribution in [0.1, 0.15) is 5.56 Å². The van der Waals surface area contributed by atoms with Gasteiger partial charge in [0.1, 0.15) is 11.5 Å². The number of aromatic nitrogens is 3. The van der Waals surface area contributed by atoms with Crippen LogP contribution in [0.5, 0.6) is 11.5 Å². The molecule has 0 saturated heterocycles. The van der Waals surface area contributed by atoms with Crippen molar-refractivity contribution in [2.75, 3.05) is 25.3 Å². The summed E-state index contributed by atoms with van der Waals surface area (Å²) in [5.41, 5.74) is 3.56. The summed E-state index contributed by atoms with van der Waals surface area (Å²) in [5.74, 6) is 1.87. The third-order valence-corrected chi connectivity index (χ3v) is 5.87. The normalized spacial score (nSPS) is 10.6. The molecule has 4 rings (SSSR count). The first-order valence-electron chi connectivity index (χ1n) is 10.3. The Balaban J connectivity index is 1.59. The molecule has 0 radical (unpaired) electrons. The summed E-state index contributed by atoms with van der Waals surface area (Å²) >= 11 is 1.32. The lowest BCUT2D eigenvalue weighted by molar-refractivity contribution is -0.113. The molecule has 0 atom stereocenters. The Morgan fingerprint density at radius 2 is 1.79 bits per heavy atom. The van der Waals surface area contributed by atoms with Crippen molar-refractivity contribution in [3.8, 4) is 28.6 Å². The molecule has 0 spiro atoms. The smallest absolute Gasteiger partial charge is 0.234 e. The highest BCUT2D eigenvalue weighted by Gasteiger charge is 2.18. The summed E-state index contributed by atoms with van der Waals surface area (Å²) in [7, 11) is 3.13. The molecule has 0 unspecified atom stereocenters. The number of aryl methyl sites for hydroxylation is 1. The van der Waals surface area contributed by atoms with Crippen molar-refractivity contribution < 1.29 is 14.3 Å². The highest BCUT2D eigenvalue weighted by molar-refractivity contribution is 7.99. The van der Waals surface area contributed by atoms with Gasteiger partial charge in [0.05, 0.1) is 25.7 Å². The molecule has 4 aromatic rings. The van der Waals surface area contributed by atoms with Gasteiger partial charge in [-0.05, 0) is 36.8 Å². The van der Waals surface area contributed by atoms with Gasteiger partial charge in [0.25, 0.3) is 0 Å². The molecule has 0 bridgehead atoms. The highest BCUT2D eigenvalue weighted by atomic mass is 32.2. The monoisotopic (exact) mass is 460 g/mol. The number of ether oxygens (including phenoxy) is 2. The number of carbonyl (C=O) groups excluding carboxylic acids is 1. The number of hydrogen-bond donors (Lipinski definition) is 1. The van der Waals surface area contributed by atoms with Crippen LogP contribution in [0.2, 0.25) is 0 Å². The number of amides is 1. The van der Waals surface area contributed by atoms with Crippen molar-refractivity contribution in [2.24, 2.45) is 0 Å². The maximum absolute atomic E-state index is 12.7. The van der Waals surface area contributed by atoms with Crippen LogP contribution in [0.4, 0.5) is 5.69 Å². The summed E-state index contributed by atoms with van der Waals surface area (Å²) in [6, 6.07) is 23.2. The average Bonchev–Trinajstić information content (AvgIpc) is 3.27. The summed E-state index contributed by atoms with van der Waals surface area (Å²) in [4.78, 5) is 12.7. The van der Waals surface area contributed by atoms with Crippen molar-refractivity contribution in [3.05, 3.63) is 78.4 Å². The number of methoxy groups -OCH3 is 2. The lowest BCUT2D eigenvalue weighted by Gasteiger charge is -2.13. The number of rotatable bonds is 8. The van der Waals surface area contributed by atoms with Gasteiger partial charge in [0.15, 0.2) is 11.0 Å². The molecule has 1 N–H and O–H groups in total. The quantitative estimate of drug-likeness (QED) is 0.373. The second kappa shape index (κ2) is 10.2. The number of carbonyl (C=O) groups is 1. The van der Waals surface area contributed by atoms with Crippen LogP contribution in [0.3, 0.4) is 0 Å². The molecule has 0 saturated carbocycles. The number of hydrogen-bond acceptors (Lipinski definition) is 6. The fourth-order valence-electron chi connectivity index (χ4n) is 3.37. The molecule has 1 amide bonds. The molecule has 168 valence electrons. The Morgan fingerprint density at radius 3 is 2.52 bits per heavy atom. The van der Waals surface area contributed by atoms with Crippen LogP contribution in [-0.2, 0) is 4.79 Å². The molecule has 0 aliphatic carbocycles. The summed E-state index contributed by atoms with van der Waals surface area (Å²) in [6.45, 7) is 2.04. The molecule has 1 heterocycles. The van der Waals surface area contributed by atoms with Gasteiger partial charge in [-0.15, -0.1) is 10.2 Å². The van der Waals surface area contributed by atoms with Gasteiger partial charge in [-0.2, -0.15) is 0 Å². The molecule has 33 heavy (non-hydrogen) atoms. The summed E-state index contributed by atoms with van der Waals surface area (Å²) in [5, 5.41) is 12.3. The SMILES string of the molecule is COc1ccc(OC)c(NC(=O)CSc2nnc(-c3ccccc3)n2-c2cccc(C)c2)c1. The van der Waals surface area contributed by atoms with Gasteiger partial charge in [-0.3, -0.25) is 9.36 Å². The van der Waals surface area contributed by atoms with Gasteiger partial charge in [0.2, 0.25) is 5.91 Å². The molecule has 7 nitrogen and oxygen atoms in total. The number of nitrogens with zero attached hydrogens (tertiary/aromatic N) is 3. The van der Waals surface area contributed by atoms with Crippen molar-refractivity contribution >= 4 is 23.4 Å². The van der Waals surface area contributed by atoms with Crippen LogP contribution in [0, 0.1) is 6.92 Å². The summed E-state index contributed by atoms with van der Waals surface area (Å²) < 4.78 is 12.6. The number of thioether (sulfide) groups is 1. The van der Waals surface area contributed by atoms with E-state index in [1.54, 1.807) is 32.4 Å². The van der Waals surface area contributed by atoms with Crippen LogP contribution < -0.4 is 14.8 Å². The zero-order chi connectivity index (χ0) is 23.2. The minimum Gasteiger partial charge on any atom is -0.497 e. The van der Waals surface area contributed by atoms with Crippen LogP contribution in [-0.4, -0.2) is 40.6 Å². The van der Waals surface area contributed by atoms with Crippen molar-refractivity contribution in [1.82, 2.24) is 14.8 Å². The van der Waals surface area contributed by atoms with E-state index in [1.807, 2.05) is 60.0 Å². The second-order valence-electron chi connectivity index (χ2n) is 7.25. The number of nitrogens with one attached hydrogen (secondary N) is 1. The zero-order valence-electron chi connectivity index (χ0n) is 18.6. The maximum atomic E-state index is 12.7. The van der Waals surface area contributed by atoms with Gasteiger partial charge in [-0.25, -0.2) is 0 Å². The van der Waals surface area contributed by atoms with Gasteiger partial charge in [-0.1, -0.05) is 54.2 Å². The highest BCUT2D eigenvalue weighted by Crippen LogP contribution is 2.31. The molecule has 8 heteroatoms. The molecule has 0 aliphatic heterocycles. The third kappa shape index (κ3) is 5.18. The van der Waals surface area contributed by atoms with Gasteiger partial charge < -0.3 is 14.8 Å². The third-order valence-electron chi connectivity index (χ3n) is 4.94. The topological polar surface area (TPSA) is 78.3 Å². The molecular formula is C25H24N4O3S. The Kier molecular flexibility index (Phi) is 6.95. The van der Waals surface area contributed by atoms with Crippen molar-refractivity contribution in [1.29, 1.82) is 0 Å². The second-order valence-corrected chi connectivity index (χ2v) is 8.19. The molecule has 0 aliphatic rings. The van der Waals surface area contributed by atoms with E-state index in [2.05, 4.69) is 21.6 Å². The first kappa shape index (κ1) is 22.4. The number of anilines is 1. The Bertz CT molecular complexity index is 1260. The van der Waals surface area contributed by atoms with Crippen LogP contribution >= 0.6 is 11.8 Å².